The fraction of sp³-hybridized carbons (Fsp3) is 0.667. The SMILES string of the molecule is COCC(C)Cn1nnc(C=O)c1C(F)(F)F. The van der Waals surface area contributed by atoms with Crippen LogP contribution >= 0.6 is 0 Å². The summed E-state index contributed by atoms with van der Waals surface area (Å²) in [6.07, 6.45) is -4.60. The number of rotatable bonds is 5. The quantitative estimate of drug-likeness (QED) is 0.742. The van der Waals surface area contributed by atoms with Gasteiger partial charge >= 0.3 is 6.18 Å². The molecule has 0 bridgehead atoms. The van der Waals surface area contributed by atoms with Crippen LogP contribution in [0, 0.1) is 5.92 Å². The number of methoxy groups -OCH3 is 1. The van der Waals surface area contributed by atoms with Gasteiger partial charge in [0.1, 0.15) is 0 Å². The van der Waals surface area contributed by atoms with Gasteiger partial charge in [0.2, 0.25) is 0 Å². The highest BCUT2D eigenvalue weighted by atomic mass is 19.4. The Balaban J connectivity index is 3.00. The third-order valence-corrected chi connectivity index (χ3v) is 2.08. The second-order valence-corrected chi connectivity index (χ2v) is 3.68. The van der Waals surface area contributed by atoms with Crippen molar-refractivity contribution in [3.63, 3.8) is 0 Å². The Kier molecular flexibility index (Phi) is 4.22. The van der Waals surface area contributed by atoms with Crippen molar-refractivity contribution in [1.29, 1.82) is 0 Å². The summed E-state index contributed by atoms with van der Waals surface area (Å²) < 4.78 is 43.5. The average Bonchev–Trinajstić information content (AvgIpc) is 2.60. The molecule has 0 aliphatic rings. The third-order valence-electron chi connectivity index (χ3n) is 2.08. The highest BCUT2D eigenvalue weighted by molar-refractivity contribution is 5.73. The molecule has 96 valence electrons. The van der Waals surface area contributed by atoms with Crippen LogP contribution < -0.4 is 0 Å². The monoisotopic (exact) mass is 251 g/mol. The average molecular weight is 251 g/mol. The molecule has 17 heavy (non-hydrogen) atoms. The number of aromatic nitrogens is 3. The van der Waals surface area contributed by atoms with Crippen LogP contribution in [0.2, 0.25) is 0 Å². The number of alkyl halides is 3. The highest BCUT2D eigenvalue weighted by Crippen LogP contribution is 2.30. The summed E-state index contributed by atoms with van der Waals surface area (Å²) in [7, 11) is 1.46. The molecule has 0 saturated carbocycles. The molecule has 0 spiro atoms. The Hall–Kier alpha value is -1.44. The molecular formula is C9H12F3N3O2. The minimum atomic E-state index is -4.65. The lowest BCUT2D eigenvalue weighted by molar-refractivity contribution is -0.144. The molecule has 0 radical (unpaired) electrons. The minimum Gasteiger partial charge on any atom is -0.384 e. The van der Waals surface area contributed by atoms with Crippen molar-refractivity contribution in [1.82, 2.24) is 15.0 Å². The number of hydrogen-bond acceptors (Lipinski definition) is 4. The van der Waals surface area contributed by atoms with Gasteiger partial charge in [-0.05, 0) is 5.92 Å². The van der Waals surface area contributed by atoms with E-state index in [4.69, 9.17) is 4.74 Å². The Labute approximate surface area is 95.6 Å². The lowest BCUT2D eigenvalue weighted by atomic mass is 10.2. The van der Waals surface area contributed by atoms with Crippen molar-refractivity contribution in [3.8, 4) is 0 Å². The Morgan fingerprint density at radius 2 is 2.18 bits per heavy atom. The van der Waals surface area contributed by atoms with Crippen LogP contribution in [-0.4, -0.2) is 35.0 Å². The maximum absolute atomic E-state index is 12.7. The van der Waals surface area contributed by atoms with Gasteiger partial charge in [-0.2, -0.15) is 13.2 Å². The number of ether oxygens (including phenoxy) is 1. The topological polar surface area (TPSA) is 57.0 Å². The van der Waals surface area contributed by atoms with Crippen molar-refractivity contribution >= 4 is 6.29 Å². The molecule has 1 heterocycles. The molecule has 5 nitrogen and oxygen atoms in total. The predicted molar refractivity (Wildman–Crippen MR) is 51.5 cm³/mol. The van der Waals surface area contributed by atoms with Crippen molar-refractivity contribution in [2.45, 2.75) is 19.6 Å². The summed E-state index contributed by atoms with van der Waals surface area (Å²) in [5.74, 6) is -0.165. The van der Waals surface area contributed by atoms with Crippen LogP contribution in [0.15, 0.2) is 0 Å². The first-order valence-electron chi connectivity index (χ1n) is 4.85. The van der Waals surface area contributed by atoms with Crippen LogP contribution in [0.5, 0.6) is 0 Å². The van der Waals surface area contributed by atoms with Crippen LogP contribution in [-0.2, 0) is 17.5 Å². The van der Waals surface area contributed by atoms with Crippen LogP contribution in [0.4, 0.5) is 13.2 Å². The number of nitrogens with zero attached hydrogens (tertiary/aromatic N) is 3. The Bertz CT molecular complexity index is 389. The van der Waals surface area contributed by atoms with Gasteiger partial charge in [-0.25, -0.2) is 4.68 Å². The molecule has 1 rings (SSSR count). The summed E-state index contributed by atoms with van der Waals surface area (Å²) in [6.45, 7) is 2.00. The van der Waals surface area contributed by atoms with E-state index in [9.17, 15) is 18.0 Å². The number of carbonyl (C=O) groups is 1. The molecular weight excluding hydrogens is 239 g/mol. The standard InChI is InChI=1S/C9H12F3N3O2/c1-6(5-17-2)3-15-8(9(10,11)12)7(4-16)13-14-15/h4,6H,3,5H2,1-2H3. The van der Waals surface area contributed by atoms with E-state index in [1.165, 1.54) is 7.11 Å². The summed E-state index contributed by atoms with van der Waals surface area (Å²) in [5.41, 5.74) is -1.81. The largest absolute Gasteiger partial charge is 0.435 e. The molecule has 1 aromatic heterocycles. The molecule has 0 fully saturated rings. The van der Waals surface area contributed by atoms with Crippen LogP contribution in [0.25, 0.3) is 0 Å². The Morgan fingerprint density at radius 3 is 2.65 bits per heavy atom. The van der Waals surface area contributed by atoms with E-state index >= 15 is 0 Å². The van der Waals surface area contributed by atoms with Crippen LogP contribution in [0.3, 0.4) is 0 Å². The van der Waals surface area contributed by atoms with Crippen molar-refractivity contribution < 1.29 is 22.7 Å². The zero-order chi connectivity index (χ0) is 13.1. The van der Waals surface area contributed by atoms with Crippen LogP contribution in [0.1, 0.15) is 23.1 Å². The van der Waals surface area contributed by atoms with Crippen molar-refractivity contribution in [2.24, 2.45) is 5.92 Å². The first kappa shape index (κ1) is 13.6. The second-order valence-electron chi connectivity index (χ2n) is 3.68. The lowest BCUT2D eigenvalue weighted by Gasteiger charge is -2.13. The van der Waals surface area contributed by atoms with E-state index in [1.807, 2.05) is 0 Å². The van der Waals surface area contributed by atoms with Gasteiger partial charge in [-0.1, -0.05) is 12.1 Å². The molecule has 1 atom stereocenters. The molecule has 0 saturated heterocycles. The van der Waals surface area contributed by atoms with Gasteiger partial charge in [-0.15, -0.1) is 5.10 Å². The van der Waals surface area contributed by atoms with E-state index in [0.29, 0.717) is 11.3 Å². The molecule has 0 N–H and O–H groups in total. The first-order valence-corrected chi connectivity index (χ1v) is 4.85. The highest BCUT2D eigenvalue weighted by Gasteiger charge is 2.39. The maximum Gasteiger partial charge on any atom is 0.435 e. The summed E-state index contributed by atoms with van der Waals surface area (Å²) in [4.78, 5) is 10.5. The van der Waals surface area contributed by atoms with Gasteiger partial charge in [-0.3, -0.25) is 4.79 Å². The molecule has 8 heteroatoms. The van der Waals surface area contributed by atoms with E-state index in [2.05, 4.69) is 10.3 Å². The Morgan fingerprint density at radius 1 is 1.53 bits per heavy atom. The van der Waals surface area contributed by atoms with Crippen molar-refractivity contribution in [3.05, 3.63) is 11.4 Å². The minimum absolute atomic E-state index is 0.0104. The molecule has 0 amide bonds. The molecule has 1 aromatic rings. The van der Waals surface area contributed by atoms with Gasteiger partial charge in [0.15, 0.2) is 17.7 Å². The zero-order valence-corrected chi connectivity index (χ0v) is 9.36. The zero-order valence-electron chi connectivity index (χ0n) is 9.36. The number of carbonyl (C=O) groups excluding carboxylic acids is 1. The molecule has 1 unspecified atom stereocenters. The first-order chi connectivity index (χ1) is 7.90. The number of hydrogen-bond donors (Lipinski definition) is 0. The van der Waals surface area contributed by atoms with Gasteiger partial charge in [0.05, 0.1) is 6.61 Å². The lowest BCUT2D eigenvalue weighted by Crippen LogP contribution is -2.21. The van der Waals surface area contributed by atoms with E-state index in [0.717, 1.165) is 0 Å². The van der Waals surface area contributed by atoms with Gasteiger partial charge in [0, 0.05) is 13.7 Å². The normalized spacial score (nSPS) is 13.7. The van der Waals surface area contributed by atoms with Gasteiger partial charge < -0.3 is 4.74 Å². The second kappa shape index (κ2) is 5.26. The fourth-order valence-electron chi connectivity index (χ4n) is 1.46. The van der Waals surface area contributed by atoms with E-state index in [1.54, 1.807) is 6.92 Å². The summed E-state index contributed by atoms with van der Waals surface area (Å²) in [6, 6.07) is 0. The summed E-state index contributed by atoms with van der Waals surface area (Å²) >= 11 is 0. The molecule has 0 aliphatic carbocycles. The van der Waals surface area contributed by atoms with Crippen molar-refractivity contribution in [2.75, 3.05) is 13.7 Å². The number of halogens is 3. The van der Waals surface area contributed by atoms with Gasteiger partial charge in [0.25, 0.3) is 0 Å². The van der Waals surface area contributed by atoms with E-state index < -0.39 is 17.6 Å². The fourth-order valence-corrected chi connectivity index (χ4v) is 1.46. The third kappa shape index (κ3) is 3.26. The summed E-state index contributed by atoms with van der Waals surface area (Å²) in [5, 5.41) is 6.53. The number of aldehydes is 1. The van der Waals surface area contributed by atoms with E-state index in [-0.39, 0.29) is 18.7 Å². The maximum atomic E-state index is 12.7. The smallest absolute Gasteiger partial charge is 0.384 e. The molecule has 0 aliphatic heterocycles. The predicted octanol–water partition coefficient (Wildman–Crippen LogP) is 1.39. The molecule has 0 aromatic carbocycles.